The number of pyridine rings is 1. The van der Waals surface area contributed by atoms with Crippen LogP contribution in [-0.2, 0) is 11.4 Å². The standard InChI is InChI=1S/C9H6F4INO3/c1-17-8(16)6-7(18-9(11,12)13)5(14)4(2-10)3-15-6/h3H,2H2,1H3. The van der Waals surface area contributed by atoms with Gasteiger partial charge in [0, 0.05) is 11.8 Å². The smallest absolute Gasteiger partial charge is 0.464 e. The van der Waals surface area contributed by atoms with E-state index in [9.17, 15) is 22.4 Å². The number of hydrogen-bond acceptors (Lipinski definition) is 4. The summed E-state index contributed by atoms with van der Waals surface area (Å²) in [5.74, 6) is -1.96. The molecule has 1 rings (SSSR count). The summed E-state index contributed by atoms with van der Waals surface area (Å²) < 4.78 is 56.9. The number of carbonyl (C=O) groups excluding carboxylic acids is 1. The van der Waals surface area contributed by atoms with Crippen molar-refractivity contribution in [3.05, 3.63) is 21.0 Å². The van der Waals surface area contributed by atoms with Gasteiger partial charge in [-0.25, -0.2) is 14.2 Å². The maximum atomic E-state index is 12.5. The molecule has 0 aliphatic heterocycles. The minimum atomic E-state index is -5.01. The summed E-state index contributed by atoms with van der Waals surface area (Å²) in [4.78, 5) is 14.7. The van der Waals surface area contributed by atoms with Crippen molar-refractivity contribution in [2.45, 2.75) is 13.0 Å². The van der Waals surface area contributed by atoms with Crippen LogP contribution >= 0.6 is 22.6 Å². The van der Waals surface area contributed by atoms with Gasteiger partial charge in [-0.3, -0.25) is 0 Å². The predicted molar refractivity (Wildman–Crippen MR) is 59.8 cm³/mol. The zero-order chi connectivity index (χ0) is 13.9. The average molecular weight is 379 g/mol. The normalized spacial score (nSPS) is 11.2. The fraction of sp³-hybridized carbons (Fsp3) is 0.333. The third kappa shape index (κ3) is 3.43. The monoisotopic (exact) mass is 379 g/mol. The Bertz CT molecular complexity index is 464. The minimum Gasteiger partial charge on any atom is -0.464 e. The van der Waals surface area contributed by atoms with Gasteiger partial charge in [0.05, 0.1) is 10.7 Å². The molecular formula is C9H6F4INO3. The largest absolute Gasteiger partial charge is 0.573 e. The second-order valence-electron chi connectivity index (χ2n) is 2.95. The predicted octanol–water partition coefficient (Wildman–Crippen LogP) is 2.84. The van der Waals surface area contributed by atoms with E-state index in [1.807, 2.05) is 0 Å². The van der Waals surface area contributed by atoms with Gasteiger partial charge in [-0.05, 0) is 22.6 Å². The SMILES string of the molecule is COC(=O)c1ncc(CF)c(I)c1OC(F)(F)F. The summed E-state index contributed by atoms with van der Waals surface area (Å²) in [5.41, 5.74) is -0.765. The molecule has 0 aromatic carbocycles. The molecule has 0 bridgehead atoms. The van der Waals surface area contributed by atoms with Crippen LogP contribution in [0.25, 0.3) is 0 Å². The number of rotatable bonds is 3. The second kappa shape index (κ2) is 5.67. The van der Waals surface area contributed by atoms with Crippen molar-refractivity contribution in [2.24, 2.45) is 0 Å². The van der Waals surface area contributed by atoms with E-state index >= 15 is 0 Å². The zero-order valence-corrected chi connectivity index (χ0v) is 11.0. The van der Waals surface area contributed by atoms with E-state index in [0.717, 1.165) is 13.3 Å². The lowest BCUT2D eigenvalue weighted by molar-refractivity contribution is -0.275. The van der Waals surface area contributed by atoms with Gasteiger partial charge < -0.3 is 9.47 Å². The molecule has 0 aliphatic rings. The number of alkyl halides is 4. The van der Waals surface area contributed by atoms with E-state index in [-0.39, 0.29) is 9.13 Å². The van der Waals surface area contributed by atoms with Crippen LogP contribution in [0.1, 0.15) is 16.1 Å². The lowest BCUT2D eigenvalue weighted by Gasteiger charge is -2.14. The Morgan fingerprint density at radius 3 is 2.56 bits per heavy atom. The number of aromatic nitrogens is 1. The van der Waals surface area contributed by atoms with Gasteiger partial charge >= 0.3 is 12.3 Å². The van der Waals surface area contributed by atoms with Crippen LogP contribution in [-0.4, -0.2) is 24.4 Å². The Kier molecular flexibility index (Phi) is 4.71. The van der Waals surface area contributed by atoms with Crippen LogP contribution in [0.3, 0.4) is 0 Å². The zero-order valence-electron chi connectivity index (χ0n) is 8.85. The molecule has 1 aromatic heterocycles. The van der Waals surface area contributed by atoms with E-state index in [0.29, 0.717) is 0 Å². The first kappa shape index (κ1) is 14.9. The van der Waals surface area contributed by atoms with Crippen molar-refractivity contribution in [2.75, 3.05) is 7.11 Å². The Morgan fingerprint density at radius 2 is 2.11 bits per heavy atom. The molecule has 1 aromatic rings. The fourth-order valence-corrected chi connectivity index (χ4v) is 1.70. The van der Waals surface area contributed by atoms with Crippen LogP contribution in [0.15, 0.2) is 6.20 Å². The number of halogens is 5. The highest BCUT2D eigenvalue weighted by molar-refractivity contribution is 14.1. The molecule has 4 nitrogen and oxygen atoms in total. The molecular weight excluding hydrogens is 373 g/mol. The average Bonchev–Trinajstić information content (AvgIpc) is 2.29. The molecule has 9 heteroatoms. The van der Waals surface area contributed by atoms with Gasteiger partial charge in [0.15, 0.2) is 11.4 Å². The molecule has 0 spiro atoms. The number of esters is 1. The van der Waals surface area contributed by atoms with E-state index < -0.39 is 30.4 Å². The van der Waals surface area contributed by atoms with Crippen LogP contribution in [0, 0.1) is 3.57 Å². The Balaban J connectivity index is 3.35. The van der Waals surface area contributed by atoms with Gasteiger partial charge in [-0.1, -0.05) is 0 Å². The highest BCUT2D eigenvalue weighted by atomic mass is 127. The topological polar surface area (TPSA) is 48.4 Å². The van der Waals surface area contributed by atoms with Crippen molar-refractivity contribution in [1.82, 2.24) is 4.98 Å². The van der Waals surface area contributed by atoms with E-state index in [1.165, 1.54) is 22.6 Å². The Morgan fingerprint density at radius 1 is 1.50 bits per heavy atom. The second-order valence-corrected chi connectivity index (χ2v) is 4.03. The Hall–Kier alpha value is -1.13. The van der Waals surface area contributed by atoms with Gasteiger partial charge in [0.2, 0.25) is 0 Å². The number of hydrogen-bond donors (Lipinski definition) is 0. The maximum absolute atomic E-state index is 12.5. The lowest BCUT2D eigenvalue weighted by atomic mass is 10.2. The molecule has 18 heavy (non-hydrogen) atoms. The van der Waals surface area contributed by atoms with Gasteiger partial charge in [-0.2, -0.15) is 0 Å². The summed E-state index contributed by atoms with van der Waals surface area (Å²) in [5, 5.41) is 0. The summed E-state index contributed by atoms with van der Waals surface area (Å²) in [6.45, 7) is -1.03. The first-order valence-corrected chi connectivity index (χ1v) is 5.45. The van der Waals surface area contributed by atoms with Crippen molar-refractivity contribution in [1.29, 1.82) is 0 Å². The Labute approximate surface area is 112 Å². The van der Waals surface area contributed by atoms with E-state index in [2.05, 4.69) is 14.5 Å². The molecule has 0 amide bonds. The molecule has 0 aliphatic carbocycles. The first-order valence-electron chi connectivity index (χ1n) is 4.37. The molecule has 0 saturated heterocycles. The van der Waals surface area contributed by atoms with Crippen LogP contribution in [0.4, 0.5) is 17.6 Å². The molecule has 0 radical (unpaired) electrons. The van der Waals surface area contributed by atoms with E-state index in [4.69, 9.17) is 0 Å². The minimum absolute atomic E-state index is 0.109. The molecule has 0 fully saturated rings. The van der Waals surface area contributed by atoms with Gasteiger partial charge in [-0.15, -0.1) is 13.2 Å². The number of ether oxygens (including phenoxy) is 2. The van der Waals surface area contributed by atoms with E-state index in [1.54, 1.807) is 0 Å². The van der Waals surface area contributed by atoms with Gasteiger partial charge in [0.25, 0.3) is 0 Å². The van der Waals surface area contributed by atoms with Crippen LogP contribution in [0.5, 0.6) is 5.75 Å². The summed E-state index contributed by atoms with van der Waals surface area (Å²) in [6.07, 6.45) is -4.06. The number of nitrogens with zero attached hydrogens (tertiary/aromatic N) is 1. The summed E-state index contributed by atoms with van der Waals surface area (Å²) in [7, 11) is 0.983. The van der Waals surface area contributed by atoms with Crippen molar-refractivity contribution in [3.8, 4) is 5.75 Å². The van der Waals surface area contributed by atoms with Crippen molar-refractivity contribution < 1.29 is 31.8 Å². The molecule has 1 heterocycles. The first-order chi connectivity index (χ1) is 8.30. The third-order valence-electron chi connectivity index (χ3n) is 1.79. The van der Waals surface area contributed by atoms with Crippen molar-refractivity contribution in [3.63, 3.8) is 0 Å². The number of methoxy groups -OCH3 is 1. The highest BCUT2D eigenvalue weighted by Crippen LogP contribution is 2.32. The molecule has 100 valence electrons. The maximum Gasteiger partial charge on any atom is 0.573 e. The van der Waals surface area contributed by atoms with Crippen molar-refractivity contribution >= 4 is 28.6 Å². The molecule has 0 unspecified atom stereocenters. The number of carbonyl (C=O) groups is 1. The van der Waals surface area contributed by atoms with Crippen LogP contribution in [0.2, 0.25) is 0 Å². The van der Waals surface area contributed by atoms with Gasteiger partial charge in [0.1, 0.15) is 6.67 Å². The fourth-order valence-electron chi connectivity index (χ4n) is 1.05. The third-order valence-corrected chi connectivity index (χ3v) is 2.97. The quantitative estimate of drug-likeness (QED) is 0.461. The molecule has 0 atom stereocenters. The summed E-state index contributed by atoms with van der Waals surface area (Å²) >= 11 is 1.44. The highest BCUT2D eigenvalue weighted by Gasteiger charge is 2.35. The molecule has 0 saturated carbocycles. The van der Waals surface area contributed by atoms with Crippen LogP contribution < -0.4 is 4.74 Å². The lowest BCUT2D eigenvalue weighted by Crippen LogP contribution is -2.21. The summed E-state index contributed by atoms with van der Waals surface area (Å²) in [6, 6.07) is 0. The molecule has 0 N–H and O–H groups in total.